The number of hydrogen-bond acceptors (Lipinski definition) is 3. The van der Waals surface area contributed by atoms with E-state index < -0.39 is 10.0 Å². The van der Waals surface area contributed by atoms with Crippen molar-refractivity contribution >= 4 is 37.3 Å². The van der Waals surface area contributed by atoms with Crippen LogP contribution >= 0.6 is 27.3 Å². The Bertz CT molecular complexity index is 516. The highest BCUT2D eigenvalue weighted by Gasteiger charge is 2.17. The Hall–Kier alpha value is -0.590. The molecule has 1 aliphatic heterocycles. The van der Waals surface area contributed by atoms with E-state index in [0.29, 0.717) is 6.54 Å². The van der Waals surface area contributed by atoms with E-state index in [1.165, 1.54) is 15.8 Å². The number of nitrogens with zero attached hydrogens (tertiary/aromatic N) is 1. The lowest BCUT2D eigenvalue weighted by molar-refractivity contribution is 0.503. The van der Waals surface area contributed by atoms with Gasteiger partial charge in [-0.2, -0.15) is 0 Å². The zero-order valence-electron chi connectivity index (χ0n) is 7.63. The second kappa shape index (κ2) is 4.11. The van der Waals surface area contributed by atoms with E-state index in [1.54, 1.807) is 23.6 Å². The molecular weight excluding hydrogens is 298 g/mol. The highest BCUT2D eigenvalue weighted by atomic mass is 79.9. The van der Waals surface area contributed by atoms with Crippen LogP contribution < -0.4 is 0 Å². The molecule has 0 fully saturated rings. The molecular formula is C9H8BrNO2S2. The van der Waals surface area contributed by atoms with E-state index in [2.05, 4.69) is 15.9 Å². The summed E-state index contributed by atoms with van der Waals surface area (Å²) in [6.45, 7) is 0.380. The summed E-state index contributed by atoms with van der Waals surface area (Å²) in [4.78, 5) is 0. The predicted octanol–water partition coefficient (Wildman–Crippen LogP) is 2.68. The summed E-state index contributed by atoms with van der Waals surface area (Å²) in [5, 5.41) is 3.14. The van der Waals surface area contributed by atoms with Gasteiger partial charge in [0.25, 0.3) is 10.0 Å². The Morgan fingerprint density at radius 3 is 2.80 bits per heavy atom. The van der Waals surface area contributed by atoms with Gasteiger partial charge in [0.1, 0.15) is 0 Å². The maximum absolute atomic E-state index is 11.6. The van der Waals surface area contributed by atoms with Crippen LogP contribution in [0.2, 0.25) is 0 Å². The fourth-order valence-electron chi connectivity index (χ4n) is 1.20. The molecule has 0 aromatic carbocycles. The largest absolute Gasteiger partial charge is 0.269 e. The van der Waals surface area contributed by atoms with Crippen LogP contribution in [0.15, 0.2) is 39.0 Å². The molecule has 3 nitrogen and oxygen atoms in total. The van der Waals surface area contributed by atoms with Crippen LogP contribution in [0.5, 0.6) is 0 Å². The number of rotatable bonds is 2. The first-order valence-corrected chi connectivity index (χ1v) is 7.35. The molecule has 0 saturated heterocycles. The molecule has 0 atom stereocenters. The van der Waals surface area contributed by atoms with E-state index in [9.17, 15) is 8.42 Å². The molecule has 0 bridgehead atoms. The first-order chi connectivity index (χ1) is 7.08. The minimum absolute atomic E-state index is 0.380. The van der Waals surface area contributed by atoms with Crippen LogP contribution in [-0.2, 0) is 16.6 Å². The van der Waals surface area contributed by atoms with E-state index in [0.717, 1.165) is 9.35 Å². The Labute approximate surface area is 101 Å². The van der Waals surface area contributed by atoms with Crippen molar-refractivity contribution in [3.8, 4) is 0 Å². The molecule has 1 aromatic heterocycles. The molecule has 2 heterocycles. The van der Waals surface area contributed by atoms with Crippen LogP contribution in [0.25, 0.3) is 0 Å². The topological polar surface area (TPSA) is 37.4 Å². The van der Waals surface area contributed by atoms with Crippen molar-refractivity contribution in [3.05, 3.63) is 44.6 Å². The lowest BCUT2D eigenvalue weighted by atomic mass is 10.3. The molecule has 0 spiro atoms. The van der Waals surface area contributed by atoms with Crippen LogP contribution in [0, 0.1) is 0 Å². The number of hydrogen-bond donors (Lipinski definition) is 0. The molecule has 0 amide bonds. The zero-order chi connectivity index (χ0) is 10.9. The highest BCUT2D eigenvalue weighted by molar-refractivity contribution is 9.11. The fraction of sp³-hybridized carbons (Fsp3) is 0.111. The number of halogens is 1. The number of allylic oxidation sites excluding steroid dienone is 2. The summed E-state index contributed by atoms with van der Waals surface area (Å²) < 4.78 is 25.5. The van der Waals surface area contributed by atoms with Crippen LogP contribution in [0.3, 0.4) is 0 Å². The Morgan fingerprint density at radius 2 is 2.20 bits per heavy atom. The highest BCUT2D eigenvalue weighted by Crippen LogP contribution is 2.23. The van der Waals surface area contributed by atoms with E-state index in [1.807, 2.05) is 11.4 Å². The molecule has 2 rings (SSSR count). The van der Waals surface area contributed by atoms with Crippen molar-refractivity contribution in [2.24, 2.45) is 0 Å². The van der Waals surface area contributed by atoms with E-state index in [-0.39, 0.29) is 0 Å². The normalized spacial score (nSPS) is 18.3. The number of thiophene rings is 1. The molecule has 0 N–H and O–H groups in total. The molecule has 1 aromatic rings. The van der Waals surface area contributed by atoms with Crippen molar-refractivity contribution < 1.29 is 8.42 Å². The van der Waals surface area contributed by atoms with Crippen LogP contribution in [0.4, 0.5) is 0 Å². The quantitative estimate of drug-likeness (QED) is 0.842. The smallest absolute Gasteiger partial charge is 0.257 e. The molecule has 15 heavy (non-hydrogen) atoms. The van der Waals surface area contributed by atoms with Crippen molar-refractivity contribution in [2.75, 3.05) is 0 Å². The molecule has 0 aliphatic carbocycles. The summed E-state index contributed by atoms with van der Waals surface area (Å²) in [5.74, 6) is 0. The van der Waals surface area contributed by atoms with E-state index >= 15 is 0 Å². The van der Waals surface area contributed by atoms with E-state index in [4.69, 9.17) is 0 Å². The van der Waals surface area contributed by atoms with Gasteiger partial charge in [-0.3, -0.25) is 4.31 Å². The molecule has 80 valence electrons. The first kappa shape index (κ1) is 10.9. The second-order valence-corrected chi connectivity index (χ2v) is 7.08. The zero-order valence-corrected chi connectivity index (χ0v) is 10.8. The van der Waals surface area contributed by atoms with Gasteiger partial charge in [-0.05, 0) is 45.1 Å². The van der Waals surface area contributed by atoms with Gasteiger partial charge in [-0.25, -0.2) is 8.42 Å². The summed E-state index contributed by atoms with van der Waals surface area (Å²) >= 11 is 4.89. The lowest BCUT2D eigenvalue weighted by Gasteiger charge is -2.19. The van der Waals surface area contributed by atoms with Crippen molar-refractivity contribution in [1.29, 1.82) is 0 Å². The average molecular weight is 306 g/mol. The van der Waals surface area contributed by atoms with Crippen molar-refractivity contribution in [3.63, 3.8) is 0 Å². The maximum atomic E-state index is 11.6. The van der Waals surface area contributed by atoms with Gasteiger partial charge in [0, 0.05) is 6.20 Å². The van der Waals surface area contributed by atoms with Gasteiger partial charge in [0.2, 0.25) is 0 Å². The van der Waals surface area contributed by atoms with Gasteiger partial charge >= 0.3 is 0 Å². The molecule has 0 radical (unpaired) electrons. The minimum atomic E-state index is -3.26. The van der Waals surface area contributed by atoms with Crippen LogP contribution in [-0.4, -0.2) is 12.7 Å². The third-order valence-electron chi connectivity index (χ3n) is 1.90. The third-order valence-corrected chi connectivity index (χ3v) is 4.86. The standard InChI is InChI=1S/C9H8BrNO2S2/c10-9-5-8(7-14-9)6-11-3-1-2-4-15(11,12)13/h1-5,7H,6H2. The lowest BCUT2D eigenvalue weighted by Crippen LogP contribution is -2.24. The average Bonchev–Trinajstić information content (AvgIpc) is 2.55. The Kier molecular flexibility index (Phi) is 2.99. The fourth-order valence-corrected chi connectivity index (χ4v) is 3.42. The second-order valence-electron chi connectivity index (χ2n) is 3.02. The van der Waals surface area contributed by atoms with Crippen molar-refractivity contribution in [2.45, 2.75) is 6.54 Å². The summed E-state index contributed by atoms with van der Waals surface area (Å²) in [6, 6.07) is 1.92. The first-order valence-electron chi connectivity index (χ1n) is 4.17. The molecule has 0 unspecified atom stereocenters. The van der Waals surface area contributed by atoms with Crippen molar-refractivity contribution in [1.82, 2.24) is 4.31 Å². The Morgan fingerprint density at radius 1 is 1.40 bits per heavy atom. The molecule has 0 saturated carbocycles. The van der Waals surface area contributed by atoms with Gasteiger partial charge in [0.05, 0.1) is 15.7 Å². The maximum Gasteiger partial charge on any atom is 0.257 e. The van der Waals surface area contributed by atoms with Gasteiger partial charge in [-0.1, -0.05) is 0 Å². The van der Waals surface area contributed by atoms with Crippen LogP contribution in [0.1, 0.15) is 5.56 Å². The molecule has 1 aliphatic rings. The van der Waals surface area contributed by atoms with Gasteiger partial charge in [0.15, 0.2) is 0 Å². The Balaban J connectivity index is 2.20. The SMILES string of the molecule is O=S1(=O)C=CC=CN1Cc1csc(Br)c1. The summed E-state index contributed by atoms with van der Waals surface area (Å²) in [5.41, 5.74) is 0.982. The summed E-state index contributed by atoms with van der Waals surface area (Å²) in [6.07, 6.45) is 4.80. The summed E-state index contributed by atoms with van der Waals surface area (Å²) in [7, 11) is -3.26. The monoisotopic (exact) mass is 305 g/mol. The van der Waals surface area contributed by atoms with Gasteiger partial charge < -0.3 is 0 Å². The molecule has 6 heteroatoms. The van der Waals surface area contributed by atoms with Gasteiger partial charge in [-0.15, -0.1) is 11.3 Å². The third kappa shape index (κ3) is 2.50. The minimum Gasteiger partial charge on any atom is -0.269 e. The number of sulfonamides is 1. The predicted molar refractivity (Wildman–Crippen MR) is 64.8 cm³/mol.